The van der Waals surface area contributed by atoms with Gasteiger partial charge < -0.3 is 67.9 Å². The van der Waals surface area contributed by atoms with Crippen molar-refractivity contribution in [2.75, 3.05) is 172 Å². The number of amides is 1. The summed E-state index contributed by atoms with van der Waals surface area (Å²) in [5, 5.41) is 2.69. The first-order valence-electron chi connectivity index (χ1n) is 15.7. The molecule has 0 aromatic carbocycles. The predicted molar refractivity (Wildman–Crippen MR) is 167 cm³/mol. The molecule has 3 N–H and O–H groups in total. The molecule has 0 aromatic rings. The van der Waals surface area contributed by atoms with Gasteiger partial charge in [-0.1, -0.05) is 6.58 Å². The van der Waals surface area contributed by atoms with Gasteiger partial charge in [-0.2, -0.15) is 0 Å². The molecular weight excluding hydrogens is 596 g/mol. The maximum atomic E-state index is 11.3. The molecule has 0 unspecified atom stereocenters. The third-order valence-electron chi connectivity index (χ3n) is 5.27. The van der Waals surface area contributed by atoms with Crippen LogP contribution in [-0.2, 0) is 61.6 Å². The average Bonchev–Trinajstić information content (AvgIpc) is 3.04. The largest absolute Gasteiger partial charge is 0.378 e. The molecular formula is C30H60N2O13. The highest BCUT2D eigenvalue weighted by Crippen LogP contribution is 1.88. The van der Waals surface area contributed by atoms with Crippen molar-refractivity contribution in [3.8, 4) is 0 Å². The van der Waals surface area contributed by atoms with Gasteiger partial charge in [0.2, 0.25) is 5.91 Å². The Bertz CT molecular complexity index is 620. The molecule has 0 fully saturated rings. The topological polar surface area (TPSA) is 166 Å². The van der Waals surface area contributed by atoms with Crippen LogP contribution >= 0.6 is 0 Å². The molecule has 45 heavy (non-hydrogen) atoms. The maximum absolute atomic E-state index is 11.3. The number of nitrogens with one attached hydrogen (secondary N) is 1. The highest BCUT2D eigenvalue weighted by atomic mass is 16.6. The molecule has 0 aliphatic rings. The summed E-state index contributed by atoms with van der Waals surface area (Å²) in [5.74, 6) is -0.164. The Morgan fingerprint density at radius 2 is 0.622 bits per heavy atom. The third kappa shape index (κ3) is 38.8. The van der Waals surface area contributed by atoms with Gasteiger partial charge in [0.05, 0.1) is 159 Å². The van der Waals surface area contributed by atoms with Gasteiger partial charge in [-0.05, 0) is 6.92 Å². The molecule has 0 heterocycles. The molecule has 0 saturated heterocycles. The van der Waals surface area contributed by atoms with E-state index in [2.05, 4.69) is 11.9 Å². The molecule has 0 atom stereocenters. The van der Waals surface area contributed by atoms with Crippen LogP contribution in [0.15, 0.2) is 12.2 Å². The maximum Gasteiger partial charge on any atom is 0.246 e. The molecule has 0 aliphatic carbocycles. The Labute approximate surface area is 269 Å². The fourth-order valence-electron chi connectivity index (χ4n) is 2.99. The van der Waals surface area contributed by atoms with E-state index in [1.54, 1.807) is 6.92 Å². The Kier molecular flexibility index (Phi) is 37.7. The summed E-state index contributed by atoms with van der Waals surface area (Å²) in [5.41, 5.74) is 5.81. The minimum atomic E-state index is -0.164. The lowest BCUT2D eigenvalue weighted by Crippen LogP contribution is -2.27. The van der Waals surface area contributed by atoms with Crippen LogP contribution in [0.5, 0.6) is 0 Å². The Hall–Kier alpha value is -1.31. The van der Waals surface area contributed by atoms with Gasteiger partial charge in [-0.25, -0.2) is 0 Å². The molecule has 0 radical (unpaired) electrons. The molecule has 0 rings (SSSR count). The van der Waals surface area contributed by atoms with Crippen molar-refractivity contribution >= 4 is 5.91 Å². The van der Waals surface area contributed by atoms with Crippen LogP contribution in [0, 0.1) is 0 Å². The van der Waals surface area contributed by atoms with E-state index < -0.39 is 0 Å². The van der Waals surface area contributed by atoms with Crippen molar-refractivity contribution in [3.63, 3.8) is 0 Å². The van der Waals surface area contributed by atoms with Gasteiger partial charge in [-0.3, -0.25) is 4.79 Å². The number of rotatable bonds is 39. The fourth-order valence-corrected chi connectivity index (χ4v) is 2.99. The van der Waals surface area contributed by atoms with Crippen molar-refractivity contribution in [1.82, 2.24) is 5.32 Å². The van der Waals surface area contributed by atoms with Crippen LogP contribution in [0.3, 0.4) is 0 Å². The lowest BCUT2D eigenvalue weighted by Gasteiger charge is -2.09. The van der Waals surface area contributed by atoms with Crippen LogP contribution in [0.1, 0.15) is 6.92 Å². The molecule has 1 amide bonds. The lowest BCUT2D eigenvalue weighted by atomic mass is 10.3. The standard InChI is InChI=1S/C30H60N2O13/c1-29(2)30(33)32-4-6-35-8-10-37-12-14-39-16-18-41-20-22-43-24-26-45-28-27-44-25-23-42-21-19-40-17-15-38-13-11-36-9-7-34-5-3-31/h1,3-28,31H2,2H3,(H,32,33). The van der Waals surface area contributed by atoms with Crippen LogP contribution in [0.4, 0.5) is 0 Å². The molecule has 15 heteroatoms. The first kappa shape index (κ1) is 43.7. The second-order valence-corrected chi connectivity index (χ2v) is 9.17. The monoisotopic (exact) mass is 656 g/mol. The first-order chi connectivity index (χ1) is 22.2. The quantitative estimate of drug-likeness (QED) is 0.0662. The lowest BCUT2D eigenvalue weighted by molar-refractivity contribution is -0.117. The molecule has 0 aliphatic heterocycles. The highest BCUT2D eigenvalue weighted by Gasteiger charge is 2.00. The highest BCUT2D eigenvalue weighted by molar-refractivity contribution is 5.92. The van der Waals surface area contributed by atoms with Crippen LogP contribution in [0.2, 0.25) is 0 Å². The molecule has 0 spiro atoms. The second-order valence-electron chi connectivity index (χ2n) is 9.17. The Morgan fingerprint density at radius 3 is 0.822 bits per heavy atom. The summed E-state index contributed by atoms with van der Waals surface area (Å²) < 4.78 is 65.0. The zero-order chi connectivity index (χ0) is 32.7. The number of hydrogen-bond acceptors (Lipinski definition) is 14. The molecule has 0 saturated carbocycles. The molecule has 0 aromatic heterocycles. The summed E-state index contributed by atoms with van der Waals surface area (Å²) in [7, 11) is 0. The van der Waals surface area contributed by atoms with Crippen LogP contribution in [-0.4, -0.2) is 178 Å². The van der Waals surface area contributed by atoms with Gasteiger partial charge in [0.15, 0.2) is 0 Å². The van der Waals surface area contributed by atoms with Crippen molar-refractivity contribution in [2.24, 2.45) is 5.73 Å². The van der Waals surface area contributed by atoms with E-state index in [1.165, 1.54) is 0 Å². The number of carbonyl (C=O) groups excluding carboxylic acids is 1. The number of hydrogen-bond donors (Lipinski definition) is 2. The van der Waals surface area contributed by atoms with E-state index in [0.29, 0.717) is 177 Å². The minimum Gasteiger partial charge on any atom is -0.378 e. The van der Waals surface area contributed by atoms with Gasteiger partial charge in [-0.15, -0.1) is 0 Å². The van der Waals surface area contributed by atoms with Gasteiger partial charge in [0.25, 0.3) is 0 Å². The van der Waals surface area contributed by atoms with Gasteiger partial charge >= 0.3 is 0 Å². The van der Waals surface area contributed by atoms with E-state index >= 15 is 0 Å². The smallest absolute Gasteiger partial charge is 0.246 e. The van der Waals surface area contributed by atoms with Crippen LogP contribution < -0.4 is 11.1 Å². The van der Waals surface area contributed by atoms with E-state index in [9.17, 15) is 4.79 Å². The summed E-state index contributed by atoms with van der Waals surface area (Å²) in [6.45, 7) is 18.2. The number of carbonyl (C=O) groups is 1. The number of ether oxygens (including phenoxy) is 12. The molecule has 268 valence electrons. The summed E-state index contributed by atoms with van der Waals surface area (Å²) in [4.78, 5) is 11.3. The van der Waals surface area contributed by atoms with Crippen molar-refractivity contribution in [1.29, 1.82) is 0 Å². The molecule has 15 nitrogen and oxygen atoms in total. The second kappa shape index (κ2) is 38.9. The fraction of sp³-hybridized carbons (Fsp3) is 0.900. The Morgan fingerprint density at radius 1 is 0.422 bits per heavy atom. The van der Waals surface area contributed by atoms with E-state index in [0.717, 1.165) is 0 Å². The SMILES string of the molecule is C=C(C)C(=O)NCCOCCOCCOCCOCCOCCOCCOCCOCCOCCOCCOCCOCCN. The van der Waals surface area contributed by atoms with E-state index in [4.69, 9.17) is 62.6 Å². The zero-order valence-electron chi connectivity index (χ0n) is 27.5. The van der Waals surface area contributed by atoms with Crippen molar-refractivity contribution < 1.29 is 61.6 Å². The zero-order valence-corrected chi connectivity index (χ0v) is 27.5. The summed E-state index contributed by atoms with van der Waals surface area (Å²) in [6.07, 6.45) is 0. The minimum absolute atomic E-state index is 0.164. The van der Waals surface area contributed by atoms with E-state index in [1.807, 2.05) is 0 Å². The van der Waals surface area contributed by atoms with Crippen molar-refractivity contribution in [2.45, 2.75) is 6.92 Å². The summed E-state index contributed by atoms with van der Waals surface area (Å²) >= 11 is 0. The predicted octanol–water partition coefficient (Wildman–Crippen LogP) is -0.163. The van der Waals surface area contributed by atoms with Gasteiger partial charge in [0.1, 0.15) is 0 Å². The normalized spacial score (nSPS) is 11.3. The average molecular weight is 657 g/mol. The molecule has 0 bridgehead atoms. The van der Waals surface area contributed by atoms with Crippen molar-refractivity contribution in [3.05, 3.63) is 12.2 Å². The Balaban J connectivity index is 3.06. The van der Waals surface area contributed by atoms with Gasteiger partial charge in [0, 0.05) is 18.7 Å². The van der Waals surface area contributed by atoms with Crippen LogP contribution in [0.25, 0.3) is 0 Å². The summed E-state index contributed by atoms with van der Waals surface area (Å²) in [6, 6.07) is 0. The first-order valence-corrected chi connectivity index (χ1v) is 15.7. The number of nitrogens with two attached hydrogens (primary N) is 1. The van der Waals surface area contributed by atoms with E-state index in [-0.39, 0.29) is 5.91 Å². The third-order valence-corrected chi connectivity index (χ3v) is 5.27.